The zero-order valence-corrected chi connectivity index (χ0v) is 14.5. The van der Waals surface area contributed by atoms with E-state index in [4.69, 9.17) is 28.6 Å². The fraction of sp³-hybridized carbons (Fsp3) is 0.118. The number of benzene rings is 2. The van der Waals surface area contributed by atoms with Crippen LogP contribution < -0.4 is 15.5 Å². The molecule has 0 unspecified atom stereocenters. The molecule has 124 valence electrons. The maximum absolute atomic E-state index is 12.0. The fourth-order valence-electron chi connectivity index (χ4n) is 1.74. The molecule has 2 rings (SSSR count). The van der Waals surface area contributed by atoms with Gasteiger partial charge >= 0.3 is 5.97 Å². The first-order chi connectivity index (χ1) is 11.6. The van der Waals surface area contributed by atoms with Crippen LogP contribution in [0.5, 0.6) is 5.75 Å². The van der Waals surface area contributed by atoms with E-state index in [0.29, 0.717) is 21.4 Å². The predicted molar refractivity (Wildman–Crippen MR) is 99.9 cm³/mol. The van der Waals surface area contributed by atoms with Gasteiger partial charge in [0.1, 0.15) is 5.75 Å². The van der Waals surface area contributed by atoms with Gasteiger partial charge in [0.25, 0.3) is 0 Å². The Bertz CT molecular complexity index is 731. The number of thiocarbonyl (C=S) groups is 1. The van der Waals surface area contributed by atoms with Crippen molar-refractivity contribution in [3.05, 3.63) is 64.7 Å². The van der Waals surface area contributed by atoms with Crippen LogP contribution in [0.15, 0.2) is 53.6 Å². The summed E-state index contributed by atoms with van der Waals surface area (Å²) in [4.78, 5) is 12.0. The molecular formula is C17H16ClN3O2S. The molecule has 0 saturated heterocycles. The number of hydrazone groups is 1. The smallest absolute Gasteiger partial charge is 0.343 e. The van der Waals surface area contributed by atoms with Gasteiger partial charge in [-0.3, -0.25) is 5.43 Å². The maximum atomic E-state index is 12.0. The summed E-state index contributed by atoms with van der Waals surface area (Å²) in [5.41, 5.74) is 3.98. The minimum atomic E-state index is -0.439. The number of nitrogens with zero attached hydrogens (tertiary/aromatic N) is 1. The lowest BCUT2D eigenvalue weighted by Gasteiger charge is -2.05. The van der Waals surface area contributed by atoms with E-state index in [1.54, 1.807) is 54.7 Å². The molecule has 2 aromatic rings. The van der Waals surface area contributed by atoms with Gasteiger partial charge in [-0.15, -0.1) is 0 Å². The number of carbonyl (C=O) groups excluding carboxylic acids is 1. The lowest BCUT2D eigenvalue weighted by Crippen LogP contribution is -2.31. The molecule has 2 N–H and O–H groups in total. The zero-order chi connectivity index (χ0) is 17.4. The molecule has 5 nitrogen and oxygen atoms in total. The highest BCUT2D eigenvalue weighted by atomic mass is 35.5. The number of nitrogens with one attached hydrogen (secondary N) is 2. The van der Waals surface area contributed by atoms with E-state index < -0.39 is 5.97 Å². The highest BCUT2D eigenvalue weighted by Crippen LogP contribution is 2.15. The lowest BCUT2D eigenvalue weighted by atomic mass is 10.2. The molecule has 0 atom stereocenters. The number of ether oxygens (including phenoxy) is 1. The van der Waals surface area contributed by atoms with Crippen LogP contribution in [0.2, 0.25) is 5.02 Å². The third-order valence-corrected chi connectivity index (χ3v) is 3.38. The number of esters is 1. The summed E-state index contributed by atoms with van der Waals surface area (Å²) in [5.74, 6) is 0.00830. The summed E-state index contributed by atoms with van der Waals surface area (Å²) in [6, 6.07) is 13.5. The van der Waals surface area contributed by atoms with E-state index in [0.717, 1.165) is 12.1 Å². The molecular weight excluding hydrogens is 346 g/mol. The molecule has 0 bridgehead atoms. The number of rotatable bonds is 5. The van der Waals surface area contributed by atoms with Gasteiger partial charge in [-0.1, -0.05) is 11.6 Å². The highest BCUT2D eigenvalue weighted by Gasteiger charge is 2.08. The topological polar surface area (TPSA) is 62.7 Å². The Balaban J connectivity index is 1.92. The summed E-state index contributed by atoms with van der Waals surface area (Å²) < 4.78 is 5.30. The molecule has 0 aliphatic rings. The molecule has 0 aromatic heterocycles. The van der Waals surface area contributed by atoms with E-state index in [1.807, 2.05) is 6.92 Å². The molecule has 7 heteroatoms. The van der Waals surface area contributed by atoms with Crippen LogP contribution in [0, 0.1) is 0 Å². The van der Waals surface area contributed by atoms with Crippen molar-refractivity contribution in [2.24, 2.45) is 5.10 Å². The average Bonchev–Trinajstić information content (AvgIpc) is 2.57. The van der Waals surface area contributed by atoms with Gasteiger partial charge in [0.15, 0.2) is 5.11 Å². The maximum Gasteiger partial charge on any atom is 0.343 e. The number of hydrogen-bond donors (Lipinski definition) is 2. The normalized spacial score (nSPS) is 10.4. The average molecular weight is 362 g/mol. The van der Waals surface area contributed by atoms with E-state index in [9.17, 15) is 4.79 Å². The van der Waals surface area contributed by atoms with E-state index in [-0.39, 0.29) is 0 Å². The second-order valence-corrected chi connectivity index (χ2v) is 5.54. The van der Waals surface area contributed by atoms with Crippen LogP contribution in [0.3, 0.4) is 0 Å². The largest absolute Gasteiger partial charge is 0.423 e. The van der Waals surface area contributed by atoms with Gasteiger partial charge in [0, 0.05) is 11.6 Å². The zero-order valence-electron chi connectivity index (χ0n) is 13.0. The van der Waals surface area contributed by atoms with Crippen LogP contribution in [-0.2, 0) is 0 Å². The summed E-state index contributed by atoms with van der Waals surface area (Å²) in [7, 11) is 0. The second-order valence-electron chi connectivity index (χ2n) is 4.69. The van der Waals surface area contributed by atoms with Crippen molar-refractivity contribution in [3.8, 4) is 5.75 Å². The van der Waals surface area contributed by atoms with Crippen LogP contribution in [-0.4, -0.2) is 23.8 Å². The van der Waals surface area contributed by atoms with Gasteiger partial charge in [0.05, 0.1) is 11.8 Å². The molecule has 0 saturated carbocycles. The minimum Gasteiger partial charge on any atom is -0.423 e. The fourth-order valence-corrected chi connectivity index (χ4v) is 2.06. The Morgan fingerprint density at radius 1 is 1.21 bits per heavy atom. The number of halogens is 1. The first-order valence-corrected chi connectivity index (χ1v) is 8.02. The minimum absolute atomic E-state index is 0.436. The summed E-state index contributed by atoms with van der Waals surface area (Å²) >= 11 is 10.8. The van der Waals surface area contributed by atoms with Crippen LogP contribution in [0.4, 0.5) is 0 Å². The van der Waals surface area contributed by atoms with Crippen molar-refractivity contribution in [1.82, 2.24) is 10.7 Å². The van der Waals surface area contributed by atoms with Gasteiger partial charge in [0.2, 0.25) is 0 Å². The van der Waals surface area contributed by atoms with E-state index in [2.05, 4.69) is 15.8 Å². The second kappa shape index (κ2) is 9.00. The van der Waals surface area contributed by atoms with Gasteiger partial charge in [-0.05, 0) is 73.2 Å². The van der Waals surface area contributed by atoms with Crippen molar-refractivity contribution in [2.45, 2.75) is 6.92 Å². The lowest BCUT2D eigenvalue weighted by molar-refractivity contribution is 0.0735. The Labute approximate surface area is 150 Å². The molecule has 0 heterocycles. The number of carbonyl (C=O) groups is 1. The standard InChI is InChI=1S/C17H16ClN3O2S/c1-2-19-17(24)21-20-11-12-3-9-15(10-4-12)23-16(22)13-5-7-14(18)8-6-13/h3-11H,2H2,1H3,(H2,19,21,24)/b20-11+. The molecule has 0 fully saturated rings. The third kappa shape index (κ3) is 5.64. The SMILES string of the molecule is CCNC(=S)N/N=C/c1ccc(OC(=O)c2ccc(Cl)cc2)cc1. The first-order valence-electron chi connectivity index (χ1n) is 7.23. The predicted octanol–water partition coefficient (Wildman–Crippen LogP) is 3.38. The molecule has 0 spiro atoms. The van der Waals surface area contributed by atoms with E-state index in [1.165, 1.54) is 0 Å². The summed E-state index contributed by atoms with van der Waals surface area (Å²) in [5, 5.41) is 7.96. The molecule has 0 aliphatic carbocycles. The molecule has 0 amide bonds. The van der Waals surface area contributed by atoms with Crippen molar-refractivity contribution in [3.63, 3.8) is 0 Å². The van der Waals surface area contributed by atoms with Gasteiger partial charge in [-0.2, -0.15) is 5.10 Å². The molecule has 24 heavy (non-hydrogen) atoms. The van der Waals surface area contributed by atoms with Crippen LogP contribution in [0.25, 0.3) is 0 Å². The van der Waals surface area contributed by atoms with Crippen molar-refractivity contribution < 1.29 is 9.53 Å². The van der Waals surface area contributed by atoms with Gasteiger partial charge in [-0.25, -0.2) is 4.79 Å². The Morgan fingerprint density at radius 2 is 1.88 bits per heavy atom. The van der Waals surface area contributed by atoms with Gasteiger partial charge < -0.3 is 10.1 Å². The van der Waals surface area contributed by atoms with Crippen LogP contribution in [0.1, 0.15) is 22.8 Å². The third-order valence-electron chi connectivity index (χ3n) is 2.89. The summed E-state index contributed by atoms with van der Waals surface area (Å²) in [6.45, 7) is 2.68. The molecule has 2 aromatic carbocycles. The van der Waals surface area contributed by atoms with Crippen LogP contribution >= 0.6 is 23.8 Å². The van der Waals surface area contributed by atoms with E-state index >= 15 is 0 Å². The van der Waals surface area contributed by atoms with Crippen molar-refractivity contribution in [2.75, 3.05) is 6.54 Å². The molecule has 0 radical (unpaired) electrons. The Hall–Kier alpha value is -2.44. The Morgan fingerprint density at radius 3 is 2.50 bits per heavy atom. The highest BCUT2D eigenvalue weighted by molar-refractivity contribution is 7.80. The monoisotopic (exact) mass is 361 g/mol. The first kappa shape index (κ1) is 17.9. The Kier molecular flexibility index (Phi) is 6.72. The quantitative estimate of drug-likeness (QED) is 0.281. The molecule has 0 aliphatic heterocycles. The number of hydrogen-bond acceptors (Lipinski definition) is 4. The summed E-state index contributed by atoms with van der Waals surface area (Å²) in [6.07, 6.45) is 1.62. The van der Waals surface area contributed by atoms with Crippen molar-refractivity contribution in [1.29, 1.82) is 0 Å². The van der Waals surface area contributed by atoms with Crippen molar-refractivity contribution >= 4 is 41.1 Å².